The van der Waals surface area contributed by atoms with Crippen LogP contribution in [0.5, 0.6) is 0 Å². The summed E-state index contributed by atoms with van der Waals surface area (Å²) in [6, 6.07) is 8.26. The molecule has 0 aromatic heterocycles. The van der Waals surface area contributed by atoms with E-state index < -0.39 is 0 Å². The van der Waals surface area contributed by atoms with Crippen molar-refractivity contribution in [1.29, 1.82) is 0 Å². The van der Waals surface area contributed by atoms with E-state index in [4.69, 9.17) is 0 Å². The van der Waals surface area contributed by atoms with Gasteiger partial charge in [-0.3, -0.25) is 0 Å². The molecule has 1 unspecified atom stereocenters. The van der Waals surface area contributed by atoms with E-state index in [1.54, 1.807) is 0 Å². The molecule has 0 spiro atoms. The highest BCUT2D eigenvalue weighted by atomic mass is 16.2. The van der Waals surface area contributed by atoms with Gasteiger partial charge in [-0.25, -0.2) is 4.79 Å². The second-order valence-corrected chi connectivity index (χ2v) is 4.75. The number of carbonyl (C=O) groups is 1. The molecule has 1 rings (SSSR count). The van der Waals surface area contributed by atoms with E-state index in [2.05, 4.69) is 36.7 Å². The second-order valence-electron chi connectivity index (χ2n) is 4.75. The Balaban J connectivity index is 2.64. The van der Waals surface area contributed by atoms with Gasteiger partial charge in [0.1, 0.15) is 0 Å². The van der Waals surface area contributed by atoms with Gasteiger partial charge in [-0.15, -0.1) is 0 Å². The number of rotatable bonds is 6. The maximum Gasteiger partial charge on any atom is 0.319 e. The number of amides is 2. The van der Waals surface area contributed by atoms with Gasteiger partial charge in [0.15, 0.2) is 0 Å². The van der Waals surface area contributed by atoms with Crippen molar-refractivity contribution in [3.05, 3.63) is 29.8 Å². The molecule has 106 valence electrons. The first-order valence-electron chi connectivity index (χ1n) is 6.95. The first-order chi connectivity index (χ1) is 9.10. The summed E-state index contributed by atoms with van der Waals surface area (Å²) in [6.45, 7) is 6.23. The van der Waals surface area contributed by atoms with Crippen LogP contribution in [-0.4, -0.2) is 19.1 Å². The zero-order valence-electron chi connectivity index (χ0n) is 12.3. The largest absolute Gasteiger partial charge is 0.335 e. The Morgan fingerprint density at radius 1 is 1.26 bits per heavy atom. The Morgan fingerprint density at radius 3 is 2.53 bits per heavy atom. The zero-order chi connectivity index (χ0) is 14.3. The number of anilines is 1. The molecule has 0 heterocycles. The third kappa shape index (κ3) is 4.91. The zero-order valence-corrected chi connectivity index (χ0v) is 12.3. The van der Waals surface area contributed by atoms with E-state index in [0.717, 1.165) is 24.1 Å². The van der Waals surface area contributed by atoms with Gasteiger partial charge in [0.25, 0.3) is 0 Å². The van der Waals surface area contributed by atoms with Crippen LogP contribution in [0, 0.1) is 0 Å². The summed E-state index contributed by atoms with van der Waals surface area (Å²) < 4.78 is 0. The molecule has 1 aromatic rings. The Bertz CT molecular complexity index is 402. The quantitative estimate of drug-likeness (QED) is 0.737. The molecular formula is C15H25N3O. The number of hydrogen-bond acceptors (Lipinski definition) is 2. The molecule has 4 heteroatoms. The minimum Gasteiger partial charge on any atom is -0.335 e. The maximum absolute atomic E-state index is 11.9. The fourth-order valence-electron chi connectivity index (χ4n) is 1.90. The van der Waals surface area contributed by atoms with Crippen molar-refractivity contribution >= 4 is 11.7 Å². The van der Waals surface area contributed by atoms with Crippen LogP contribution in [0.4, 0.5) is 10.5 Å². The molecule has 0 aliphatic heterocycles. The predicted octanol–water partition coefficient (Wildman–Crippen LogP) is 3.28. The summed E-state index contributed by atoms with van der Waals surface area (Å²) in [7, 11) is 1.92. The molecule has 19 heavy (non-hydrogen) atoms. The van der Waals surface area contributed by atoms with Crippen molar-refractivity contribution in [1.82, 2.24) is 10.6 Å². The van der Waals surface area contributed by atoms with Gasteiger partial charge < -0.3 is 16.0 Å². The second kappa shape index (κ2) is 7.79. The van der Waals surface area contributed by atoms with Crippen LogP contribution < -0.4 is 16.0 Å². The minimum absolute atomic E-state index is 0.136. The van der Waals surface area contributed by atoms with Crippen LogP contribution in [0.15, 0.2) is 24.3 Å². The highest BCUT2D eigenvalue weighted by molar-refractivity contribution is 5.89. The molecule has 0 aliphatic rings. The lowest BCUT2D eigenvalue weighted by atomic mass is 10.1. The van der Waals surface area contributed by atoms with E-state index in [0.29, 0.717) is 0 Å². The topological polar surface area (TPSA) is 53.2 Å². The standard InChI is InChI=1S/C15H25N3O/c1-5-13(6-2)17-15(19)18-14-9-7-8-12(10-14)11(3)16-4/h7-11,13,16H,5-6H2,1-4H3,(H2,17,18,19). The number of carbonyl (C=O) groups excluding carboxylic acids is 1. The monoisotopic (exact) mass is 263 g/mol. The fourth-order valence-corrected chi connectivity index (χ4v) is 1.90. The first-order valence-corrected chi connectivity index (χ1v) is 6.95. The number of nitrogens with one attached hydrogen (secondary N) is 3. The molecule has 1 atom stereocenters. The summed E-state index contributed by atoms with van der Waals surface area (Å²) in [5.41, 5.74) is 1.98. The van der Waals surface area contributed by atoms with Crippen molar-refractivity contribution < 1.29 is 4.79 Å². The van der Waals surface area contributed by atoms with E-state index in [1.807, 2.05) is 31.3 Å². The van der Waals surface area contributed by atoms with Crippen LogP contribution in [0.25, 0.3) is 0 Å². The number of benzene rings is 1. The van der Waals surface area contributed by atoms with Crippen molar-refractivity contribution in [2.45, 2.75) is 45.7 Å². The Labute approximate surface area is 116 Å². The van der Waals surface area contributed by atoms with Gasteiger partial charge in [0, 0.05) is 17.8 Å². The van der Waals surface area contributed by atoms with Crippen molar-refractivity contribution in [3.63, 3.8) is 0 Å². The average molecular weight is 263 g/mol. The van der Waals surface area contributed by atoms with E-state index in [9.17, 15) is 4.79 Å². The maximum atomic E-state index is 11.9. The number of hydrogen-bond donors (Lipinski definition) is 3. The van der Waals surface area contributed by atoms with E-state index in [-0.39, 0.29) is 18.1 Å². The van der Waals surface area contributed by atoms with Crippen molar-refractivity contribution in [2.75, 3.05) is 12.4 Å². The van der Waals surface area contributed by atoms with Gasteiger partial charge in [0.2, 0.25) is 0 Å². The smallest absolute Gasteiger partial charge is 0.319 e. The first kappa shape index (κ1) is 15.5. The molecule has 0 bridgehead atoms. The number of urea groups is 1. The van der Waals surface area contributed by atoms with Gasteiger partial charge in [-0.05, 0) is 44.5 Å². The molecular weight excluding hydrogens is 238 g/mol. The van der Waals surface area contributed by atoms with Gasteiger partial charge in [0.05, 0.1) is 0 Å². The van der Waals surface area contributed by atoms with Crippen LogP contribution in [0.2, 0.25) is 0 Å². The van der Waals surface area contributed by atoms with E-state index >= 15 is 0 Å². The summed E-state index contributed by atoms with van der Waals surface area (Å²) in [5, 5.41) is 9.03. The molecule has 0 saturated heterocycles. The third-order valence-corrected chi connectivity index (χ3v) is 3.40. The molecule has 1 aromatic carbocycles. The minimum atomic E-state index is -0.136. The predicted molar refractivity (Wildman–Crippen MR) is 80.4 cm³/mol. The summed E-state index contributed by atoms with van der Waals surface area (Å²) in [4.78, 5) is 11.9. The normalized spacial score (nSPS) is 12.3. The lowest BCUT2D eigenvalue weighted by Gasteiger charge is -2.16. The van der Waals surface area contributed by atoms with Crippen LogP contribution in [-0.2, 0) is 0 Å². The fraction of sp³-hybridized carbons (Fsp3) is 0.533. The molecule has 0 saturated carbocycles. The molecule has 0 fully saturated rings. The Hall–Kier alpha value is -1.55. The van der Waals surface area contributed by atoms with Crippen LogP contribution >= 0.6 is 0 Å². The Morgan fingerprint density at radius 2 is 1.95 bits per heavy atom. The summed E-state index contributed by atoms with van der Waals surface area (Å²) >= 11 is 0. The molecule has 2 amide bonds. The van der Waals surface area contributed by atoms with Crippen molar-refractivity contribution in [2.24, 2.45) is 0 Å². The lowest BCUT2D eigenvalue weighted by molar-refractivity contribution is 0.247. The van der Waals surface area contributed by atoms with Crippen molar-refractivity contribution in [3.8, 4) is 0 Å². The lowest BCUT2D eigenvalue weighted by Crippen LogP contribution is -2.37. The SMILES string of the molecule is CCC(CC)NC(=O)Nc1cccc(C(C)NC)c1. The van der Waals surface area contributed by atoms with Gasteiger partial charge >= 0.3 is 6.03 Å². The Kier molecular flexibility index (Phi) is 6.36. The summed E-state index contributed by atoms with van der Waals surface area (Å²) in [6.07, 6.45) is 1.89. The van der Waals surface area contributed by atoms with Crippen LogP contribution in [0.3, 0.4) is 0 Å². The molecule has 0 aliphatic carbocycles. The molecule has 3 N–H and O–H groups in total. The highest BCUT2D eigenvalue weighted by Gasteiger charge is 2.09. The van der Waals surface area contributed by atoms with Gasteiger partial charge in [-0.2, -0.15) is 0 Å². The molecule has 0 radical (unpaired) electrons. The highest BCUT2D eigenvalue weighted by Crippen LogP contribution is 2.16. The van der Waals surface area contributed by atoms with Gasteiger partial charge in [-0.1, -0.05) is 26.0 Å². The summed E-state index contributed by atoms with van der Waals surface area (Å²) in [5.74, 6) is 0. The van der Waals surface area contributed by atoms with E-state index in [1.165, 1.54) is 0 Å². The average Bonchev–Trinajstić information content (AvgIpc) is 2.44. The van der Waals surface area contributed by atoms with Crippen LogP contribution in [0.1, 0.15) is 45.2 Å². The molecule has 4 nitrogen and oxygen atoms in total. The third-order valence-electron chi connectivity index (χ3n) is 3.40.